The van der Waals surface area contributed by atoms with Crippen LogP contribution in [0.4, 0.5) is 9.18 Å². The third-order valence-corrected chi connectivity index (χ3v) is 6.45. The van der Waals surface area contributed by atoms with E-state index in [1.54, 1.807) is 6.07 Å². The highest BCUT2D eigenvalue weighted by molar-refractivity contribution is 5.81. The largest absolute Gasteiger partial charge is 0.453 e. The smallest absolute Gasteiger partial charge is 0.407 e. The number of methoxy groups -OCH3 is 1. The molecule has 154 valence electrons. The van der Waals surface area contributed by atoms with Crippen molar-refractivity contribution in [2.45, 2.75) is 69.9 Å². The van der Waals surface area contributed by atoms with E-state index in [4.69, 9.17) is 0 Å². The quantitative estimate of drug-likeness (QED) is 0.821. The van der Waals surface area contributed by atoms with Crippen LogP contribution in [0.3, 0.4) is 0 Å². The summed E-state index contributed by atoms with van der Waals surface area (Å²) in [5.41, 5.74) is 1.57. The number of amides is 2. The minimum absolute atomic E-state index is 0.0513. The van der Waals surface area contributed by atoms with Gasteiger partial charge in [0, 0.05) is 24.5 Å². The molecule has 2 aliphatic carbocycles. The number of nitrogens with one attached hydrogen (secondary N) is 1. The van der Waals surface area contributed by atoms with Crippen LogP contribution in [0.5, 0.6) is 0 Å². The predicted octanol–water partition coefficient (Wildman–Crippen LogP) is 4.18. The molecule has 0 atom stereocenters. The van der Waals surface area contributed by atoms with Gasteiger partial charge in [-0.15, -0.1) is 0 Å². The summed E-state index contributed by atoms with van der Waals surface area (Å²) in [5.74, 6) is 0.493. The van der Waals surface area contributed by atoms with Crippen LogP contribution in [0.2, 0.25) is 0 Å². The Morgan fingerprint density at radius 2 is 1.93 bits per heavy atom. The van der Waals surface area contributed by atoms with Crippen molar-refractivity contribution in [2.75, 3.05) is 14.2 Å². The SMILES string of the molecule is COC(=O)N[C@]1(C)C[C@H](C(=O)N(C)[C@H]2C[C@@H](c3ccc(F)c(C(C)C)c3)C2)C1. The number of rotatable bonds is 5. The maximum atomic E-state index is 13.9. The number of nitrogens with zero attached hydrogens (tertiary/aromatic N) is 1. The van der Waals surface area contributed by atoms with Gasteiger partial charge in [0.2, 0.25) is 5.91 Å². The Labute approximate surface area is 166 Å². The maximum absolute atomic E-state index is 13.9. The highest BCUT2D eigenvalue weighted by Gasteiger charge is 2.47. The number of alkyl carbamates (subject to hydrolysis) is 1. The molecule has 2 amide bonds. The highest BCUT2D eigenvalue weighted by Crippen LogP contribution is 2.43. The van der Waals surface area contributed by atoms with Crippen LogP contribution in [0.25, 0.3) is 0 Å². The summed E-state index contributed by atoms with van der Waals surface area (Å²) in [6.45, 7) is 5.94. The molecule has 1 N–H and O–H groups in total. The molecule has 3 rings (SSSR count). The first-order valence-electron chi connectivity index (χ1n) is 10.1. The van der Waals surface area contributed by atoms with E-state index in [1.807, 2.05) is 44.9 Å². The fourth-order valence-electron chi connectivity index (χ4n) is 4.50. The predicted molar refractivity (Wildman–Crippen MR) is 106 cm³/mol. The summed E-state index contributed by atoms with van der Waals surface area (Å²) in [6, 6.07) is 5.65. The molecule has 1 aromatic carbocycles. The molecule has 0 saturated heterocycles. The summed E-state index contributed by atoms with van der Waals surface area (Å²) >= 11 is 0. The maximum Gasteiger partial charge on any atom is 0.407 e. The van der Waals surface area contributed by atoms with Gasteiger partial charge < -0.3 is 15.0 Å². The lowest BCUT2D eigenvalue weighted by atomic mass is 9.68. The molecule has 0 aliphatic heterocycles. The van der Waals surface area contributed by atoms with Crippen molar-refractivity contribution in [3.05, 3.63) is 35.1 Å². The highest BCUT2D eigenvalue weighted by atomic mass is 19.1. The molecular weight excluding hydrogens is 359 g/mol. The fraction of sp³-hybridized carbons (Fsp3) is 0.636. The molecule has 0 bridgehead atoms. The number of hydrogen-bond donors (Lipinski definition) is 1. The lowest BCUT2D eigenvalue weighted by Crippen LogP contribution is -2.59. The van der Waals surface area contributed by atoms with Crippen LogP contribution in [-0.4, -0.2) is 42.6 Å². The summed E-state index contributed by atoms with van der Waals surface area (Å²) in [7, 11) is 3.21. The lowest BCUT2D eigenvalue weighted by Gasteiger charge is -2.48. The van der Waals surface area contributed by atoms with E-state index in [0.717, 1.165) is 18.4 Å². The number of halogens is 1. The van der Waals surface area contributed by atoms with Crippen LogP contribution < -0.4 is 5.32 Å². The zero-order chi connectivity index (χ0) is 20.6. The van der Waals surface area contributed by atoms with Crippen molar-refractivity contribution in [3.63, 3.8) is 0 Å². The van der Waals surface area contributed by atoms with Crippen LogP contribution in [-0.2, 0) is 9.53 Å². The van der Waals surface area contributed by atoms with Crippen LogP contribution in [0.1, 0.15) is 69.4 Å². The van der Waals surface area contributed by atoms with Gasteiger partial charge in [0.1, 0.15) is 5.82 Å². The number of carbonyl (C=O) groups excluding carboxylic acids is 2. The standard InChI is InChI=1S/C22H31FN2O3/c1-13(2)18-10-14(6-7-19(18)23)15-8-17(9-15)25(4)20(26)16-11-22(3,12-16)24-21(27)28-5/h6-7,10,13,15-17H,8-9,11-12H2,1-5H3,(H,24,27)/t15-,16-,17+,22+. The summed E-state index contributed by atoms with van der Waals surface area (Å²) in [5, 5.41) is 2.81. The molecule has 0 heterocycles. The average Bonchev–Trinajstić information content (AvgIpc) is 2.58. The fourth-order valence-corrected chi connectivity index (χ4v) is 4.50. The van der Waals surface area contributed by atoms with E-state index in [9.17, 15) is 14.0 Å². The van der Waals surface area contributed by atoms with Crippen molar-refractivity contribution in [3.8, 4) is 0 Å². The van der Waals surface area contributed by atoms with Gasteiger partial charge >= 0.3 is 6.09 Å². The second kappa shape index (κ2) is 7.72. The molecule has 28 heavy (non-hydrogen) atoms. The third-order valence-electron chi connectivity index (χ3n) is 6.45. The molecule has 6 heteroatoms. The van der Waals surface area contributed by atoms with Crippen LogP contribution >= 0.6 is 0 Å². The number of carbonyl (C=O) groups is 2. The van der Waals surface area contributed by atoms with Crippen LogP contribution in [0, 0.1) is 11.7 Å². The number of hydrogen-bond acceptors (Lipinski definition) is 3. The minimum Gasteiger partial charge on any atom is -0.453 e. The van der Waals surface area contributed by atoms with Gasteiger partial charge in [-0.3, -0.25) is 4.79 Å². The minimum atomic E-state index is -0.455. The van der Waals surface area contributed by atoms with Crippen molar-refractivity contribution in [2.24, 2.45) is 5.92 Å². The van der Waals surface area contributed by atoms with E-state index in [-0.39, 0.29) is 35.1 Å². The van der Waals surface area contributed by atoms with Gasteiger partial charge in [0.15, 0.2) is 0 Å². The Hall–Kier alpha value is -2.11. The zero-order valence-electron chi connectivity index (χ0n) is 17.4. The Morgan fingerprint density at radius 3 is 2.50 bits per heavy atom. The summed E-state index contributed by atoms with van der Waals surface area (Å²) < 4.78 is 18.6. The van der Waals surface area contributed by atoms with Crippen LogP contribution in [0.15, 0.2) is 18.2 Å². The zero-order valence-corrected chi connectivity index (χ0v) is 17.4. The average molecular weight is 390 g/mol. The van der Waals surface area contributed by atoms with Crippen molar-refractivity contribution >= 4 is 12.0 Å². The molecule has 0 radical (unpaired) electrons. The lowest BCUT2D eigenvalue weighted by molar-refractivity contribution is -0.143. The Bertz CT molecular complexity index is 752. The topological polar surface area (TPSA) is 58.6 Å². The van der Waals surface area contributed by atoms with Gasteiger partial charge in [0.05, 0.1) is 7.11 Å². The molecular formula is C22H31FN2O3. The molecule has 1 aromatic rings. The number of benzene rings is 1. The first-order valence-corrected chi connectivity index (χ1v) is 10.1. The monoisotopic (exact) mass is 390 g/mol. The van der Waals surface area contributed by atoms with E-state index < -0.39 is 6.09 Å². The third kappa shape index (κ3) is 4.01. The summed E-state index contributed by atoms with van der Waals surface area (Å²) in [4.78, 5) is 26.0. The Morgan fingerprint density at radius 1 is 1.29 bits per heavy atom. The second-order valence-corrected chi connectivity index (χ2v) is 8.99. The molecule has 2 saturated carbocycles. The van der Waals surface area contributed by atoms with E-state index in [1.165, 1.54) is 12.7 Å². The van der Waals surface area contributed by atoms with Crippen molar-refractivity contribution in [1.29, 1.82) is 0 Å². The molecule has 0 unspecified atom stereocenters. The molecule has 0 spiro atoms. The van der Waals surface area contributed by atoms with Gasteiger partial charge in [-0.25, -0.2) is 9.18 Å². The van der Waals surface area contributed by atoms with Gasteiger partial charge in [0.25, 0.3) is 0 Å². The van der Waals surface area contributed by atoms with E-state index in [2.05, 4.69) is 10.1 Å². The van der Waals surface area contributed by atoms with E-state index in [0.29, 0.717) is 18.8 Å². The van der Waals surface area contributed by atoms with Gasteiger partial charge in [-0.05, 0) is 61.6 Å². The first-order chi connectivity index (χ1) is 13.1. The normalized spacial score (nSPS) is 28.9. The Balaban J connectivity index is 1.52. The molecule has 0 aromatic heterocycles. The molecule has 2 fully saturated rings. The summed E-state index contributed by atoms with van der Waals surface area (Å²) in [6.07, 6.45) is 2.64. The molecule has 2 aliphatic rings. The second-order valence-electron chi connectivity index (χ2n) is 8.99. The van der Waals surface area contributed by atoms with E-state index >= 15 is 0 Å². The van der Waals surface area contributed by atoms with Crippen molar-refractivity contribution < 1.29 is 18.7 Å². The number of ether oxygens (including phenoxy) is 1. The Kier molecular flexibility index (Phi) is 5.69. The van der Waals surface area contributed by atoms with Gasteiger partial charge in [-0.2, -0.15) is 0 Å². The molecule has 5 nitrogen and oxygen atoms in total. The van der Waals surface area contributed by atoms with Crippen molar-refractivity contribution in [1.82, 2.24) is 10.2 Å². The first kappa shape index (κ1) is 20.6. The van der Waals surface area contributed by atoms with Gasteiger partial charge in [-0.1, -0.05) is 26.0 Å².